The zero-order valence-corrected chi connectivity index (χ0v) is 17.5. The Morgan fingerprint density at radius 3 is 2.24 bits per heavy atom. The van der Waals surface area contributed by atoms with Gasteiger partial charge in [-0.25, -0.2) is 17.6 Å². The van der Waals surface area contributed by atoms with E-state index in [1.54, 1.807) is 13.0 Å². The van der Waals surface area contributed by atoms with Gasteiger partial charge in [0.2, 0.25) is 0 Å². The van der Waals surface area contributed by atoms with Gasteiger partial charge in [0, 0.05) is 29.9 Å². The third-order valence-electron chi connectivity index (χ3n) is 5.32. The number of carbonyl (C=O) groups excluding carboxylic acids is 2. The highest BCUT2D eigenvalue weighted by atomic mass is 19.2. The molecule has 3 aromatic rings. The minimum absolute atomic E-state index is 0.0525. The number of benzene rings is 2. The van der Waals surface area contributed by atoms with Crippen LogP contribution in [0.4, 0.5) is 17.6 Å². The SMILES string of the molecule is Cc1c(F)cc(C(=O)NC2CC2)cc1-c1ccc(C(=O)NCc2cc(F)c(F)c(F)c2)cn1. The Hall–Kier alpha value is -3.75. The zero-order valence-electron chi connectivity index (χ0n) is 17.5. The van der Waals surface area contributed by atoms with Gasteiger partial charge in [-0.2, -0.15) is 0 Å². The summed E-state index contributed by atoms with van der Waals surface area (Å²) in [7, 11) is 0. The number of carbonyl (C=O) groups is 2. The summed E-state index contributed by atoms with van der Waals surface area (Å²) in [5.74, 6) is -5.75. The normalized spacial score (nSPS) is 13.0. The molecule has 0 saturated heterocycles. The quantitative estimate of drug-likeness (QED) is 0.425. The number of aromatic nitrogens is 1. The Kier molecular flexibility index (Phi) is 6.13. The lowest BCUT2D eigenvalue weighted by atomic mass is 10.00. The number of nitrogens with zero attached hydrogens (tertiary/aromatic N) is 1. The van der Waals surface area contributed by atoms with E-state index in [0.717, 1.165) is 25.0 Å². The lowest BCUT2D eigenvalue weighted by Gasteiger charge is -2.11. The Balaban J connectivity index is 1.49. The van der Waals surface area contributed by atoms with Gasteiger partial charge in [0.25, 0.3) is 11.8 Å². The number of hydrogen-bond acceptors (Lipinski definition) is 3. The molecule has 0 atom stereocenters. The van der Waals surface area contributed by atoms with Gasteiger partial charge in [-0.05, 0) is 67.3 Å². The number of hydrogen-bond donors (Lipinski definition) is 2. The van der Waals surface area contributed by atoms with E-state index < -0.39 is 29.2 Å². The predicted molar refractivity (Wildman–Crippen MR) is 112 cm³/mol. The second kappa shape index (κ2) is 9.01. The fourth-order valence-electron chi connectivity index (χ4n) is 3.25. The van der Waals surface area contributed by atoms with Gasteiger partial charge in [-0.1, -0.05) is 0 Å². The number of pyridine rings is 1. The molecule has 2 amide bonds. The van der Waals surface area contributed by atoms with Crippen molar-refractivity contribution in [2.45, 2.75) is 32.4 Å². The molecule has 1 aliphatic rings. The average Bonchev–Trinajstić information content (AvgIpc) is 3.61. The summed E-state index contributed by atoms with van der Waals surface area (Å²) < 4.78 is 54.1. The van der Waals surface area contributed by atoms with Crippen molar-refractivity contribution in [3.05, 3.63) is 88.1 Å². The van der Waals surface area contributed by atoms with Crippen LogP contribution in [0.3, 0.4) is 0 Å². The Morgan fingerprint density at radius 2 is 1.64 bits per heavy atom. The molecule has 4 rings (SSSR count). The molecule has 0 aliphatic heterocycles. The first-order valence-corrected chi connectivity index (χ1v) is 10.2. The lowest BCUT2D eigenvalue weighted by Crippen LogP contribution is -2.25. The predicted octanol–water partition coefficient (Wildman–Crippen LogP) is 4.44. The number of rotatable bonds is 6. The third kappa shape index (κ3) is 5.02. The third-order valence-corrected chi connectivity index (χ3v) is 5.32. The van der Waals surface area contributed by atoms with Gasteiger partial charge >= 0.3 is 0 Å². The van der Waals surface area contributed by atoms with Crippen LogP contribution in [0.15, 0.2) is 42.6 Å². The van der Waals surface area contributed by atoms with Crippen LogP contribution in [0.5, 0.6) is 0 Å². The van der Waals surface area contributed by atoms with Crippen molar-refractivity contribution < 1.29 is 27.2 Å². The molecule has 1 aliphatic carbocycles. The van der Waals surface area contributed by atoms with E-state index in [1.807, 2.05) is 0 Å². The molecule has 0 radical (unpaired) electrons. The molecule has 1 heterocycles. The molecule has 33 heavy (non-hydrogen) atoms. The van der Waals surface area contributed by atoms with Crippen LogP contribution in [-0.2, 0) is 6.54 Å². The first-order chi connectivity index (χ1) is 15.7. The van der Waals surface area contributed by atoms with Crippen molar-refractivity contribution in [3.63, 3.8) is 0 Å². The molecule has 1 saturated carbocycles. The van der Waals surface area contributed by atoms with Gasteiger partial charge < -0.3 is 10.6 Å². The summed E-state index contributed by atoms with van der Waals surface area (Å²) in [6, 6.07) is 7.42. The number of nitrogens with one attached hydrogen (secondary N) is 2. The molecule has 170 valence electrons. The highest BCUT2D eigenvalue weighted by Crippen LogP contribution is 2.27. The van der Waals surface area contributed by atoms with Crippen molar-refractivity contribution in [2.24, 2.45) is 0 Å². The largest absolute Gasteiger partial charge is 0.349 e. The molecule has 5 nitrogen and oxygen atoms in total. The topological polar surface area (TPSA) is 71.1 Å². The monoisotopic (exact) mass is 457 g/mol. The van der Waals surface area contributed by atoms with Crippen LogP contribution in [-0.4, -0.2) is 22.8 Å². The molecular weight excluding hydrogens is 438 g/mol. The average molecular weight is 457 g/mol. The molecule has 2 aromatic carbocycles. The lowest BCUT2D eigenvalue weighted by molar-refractivity contribution is 0.0942. The van der Waals surface area contributed by atoms with E-state index in [9.17, 15) is 27.2 Å². The second-order valence-electron chi connectivity index (χ2n) is 7.87. The van der Waals surface area contributed by atoms with Crippen LogP contribution < -0.4 is 10.6 Å². The molecule has 0 unspecified atom stereocenters. The molecule has 0 spiro atoms. The molecular formula is C24H19F4N3O2. The van der Waals surface area contributed by atoms with Crippen LogP contribution >= 0.6 is 0 Å². The van der Waals surface area contributed by atoms with Crippen molar-refractivity contribution in [1.29, 1.82) is 0 Å². The Labute approximate surface area is 186 Å². The standard InChI is InChI=1S/C24H19F4N3O2/c1-12-17(8-15(9-18(12)25)24(33)31-16-3-4-16)21-5-2-14(11-29-21)23(32)30-10-13-6-19(26)22(28)20(27)7-13/h2,5-9,11,16H,3-4,10H2,1H3,(H,30,32)(H,31,33). The van der Waals surface area contributed by atoms with Gasteiger partial charge in [-0.15, -0.1) is 0 Å². The fourth-order valence-corrected chi connectivity index (χ4v) is 3.25. The Bertz CT molecular complexity index is 1220. The minimum Gasteiger partial charge on any atom is -0.349 e. The first kappa shape index (κ1) is 22.4. The van der Waals surface area contributed by atoms with Crippen LogP contribution in [0.25, 0.3) is 11.3 Å². The molecule has 1 aromatic heterocycles. The molecule has 0 bridgehead atoms. The zero-order chi connectivity index (χ0) is 23.7. The number of amides is 2. The van der Waals surface area contributed by atoms with E-state index in [-0.39, 0.29) is 35.2 Å². The summed E-state index contributed by atoms with van der Waals surface area (Å²) >= 11 is 0. The number of halogens is 4. The van der Waals surface area contributed by atoms with E-state index in [2.05, 4.69) is 15.6 Å². The van der Waals surface area contributed by atoms with Crippen molar-refractivity contribution >= 4 is 11.8 Å². The summed E-state index contributed by atoms with van der Waals surface area (Å²) in [4.78, 5) is 28.9. The molecule has 9 heteroatoms. The minimum atomic E-state index is -1.58. The molecule has 1 fully saturated rings. The summed E-state index contributed by atoms with van der Waals surface area (Å²) in [6.07, 6.45) is 3.08. The maximum absolute atomic E-state index is 14.4. The Morgan fingerprint density at radius 1 is 0.939 bits per heavy atom. The van der Waals surface area contributed by atoms with Crippen molar-refractivity contribution in [2.75, 3.05) is 0 Å². The van der Waals surface area contributed by atoms with E-state index >= 15 is 0 Å². The van der Waals surface area contributed by atoms with E-state index in [4.69, 9.17) is 0 Å². The van der Waals surface area contributed by atoms with Crippen LogP contribution in [0.1, 0.15) is 44.7 Å². The van der Waals surface area contributed by atoms with Gasteiger partial charge in [-0.3, -0.25) is 14.6 Å². The van der Waals surface area contributed by atoms with Crippen LogP contribution in [0, 0.1) is 30.2 Å². The van der Waals surface area contributed by atoms with Gasteiger partial charge in [0.15, 0.2) is 17.5 Å². The summed E-state index contributed by atoms with van der Waals surface area (Å²) in [6.45, 7) is 1.34. The maximum atomic E-state index is 14.4. The fraction of sp³-hybridized carbons (Fsp3) is 0.208. The summed E-state index contributed by atoms with van der Waals surface area (Å²) in [5, 5.41) is 5.28. The summed E-state index contributed by atoms with van der Waals surface area (Å²) in [5.41, 5.74) is 1.48. The van der Waals surface area contributed by atoms with Crippen LogP contribution in [0.2, 0.25) is 0 Å². The van der Waals surface area contributed by atoms with E-state index in [1.165, 1.54) is 24.4 Å². The van der Waals surface area contributed by atoms with Crippen molar-refractivity contribution in [3.8, 4) is 11.3 Å². The highest BCUT2D eigenvalue weighted by molar-refractivity contribution is 5.96. The van der Waals surface area contributed by atoms with Crippen molar-refractivity contribution in [1.82, 2.24) is 15.6 Å². The van der Waals surface area contributed by atoms with Gasteiger partial charge in [0.1, 0.15) is 5.82 Å². The smallest absolute Gasteiger partial charge is 0.253 e. The maximum Gasteiger partial charge on any atom is 0.253 e. The molecule has 2 N–H and O–H groups in total. The highest BCUT2D eigenvalue weighted by Gasteiger charge is 2.24. The first-order valence-electron chi connectivity index (χ1n) is 10.2. The van der Waals surface area contributed by atoms with Gasteiger partial charge in [0.05, 0.1) is 11.3 Å². The second-order valence-corrected chi connectivity index (χ2v) is 7.87. The van der Waals surface area contributed by atoms with E-state index in [0.29, 0.717) is 16.8 Å².